The van der Waals surface area contributed by atoms with Crippen LogP contribution in [0.15, 0.2) is 36.5 Å². The third-order valence-corrected chi connectivity index (χ3v) is 3.80. The van der Waals surface area contributed by atoms with Gasteiger partial charge >= 0.3 is 0 Å². The maximum atomic E-state index is 12.2. The molecule has 1 amide bonds. The van der Waals surface area contributed by atoms with Crippen molar-refractivity contribution in [1.82, 2.24) is 10.3 Å². The molecule has 5 heteroatoms. The van der Waals surface area contributed by atoms with Gasteiger partial charge in [-0.15, -0.1) is 0 Å². The average Bonchev–Trinajstić information content (AvgIpc) is 2.54. The van der Waals surface area contributed by atoms with Gasteiger partial charge in [0.15, 0.2) is 0 Å². The van der Waals surface area contributed by atoms with E-state index in [4.69, 9.17) is 5.11 Å². The number of hydrogen-bond acceptors (Lipinski definition) is 4. The first-order valence-corrected chi connectivity index (χ1v) is 7.63. The number of aliphatic hydroxyl groups excluding tert-OH is 1. The Morgan fingerprint density at radius 1 is 1.26 bits per heavy atom. The first-order chi connectivity index (χ1) is 11.0. The lowest BCUT2D eigenvalue weighted by Gasteiger charge is -2.18. The Labute approximate surface area is 137 Å². The molecule has 0 aliphatic rings. The molecular weight excluding hydrogens is 290 g/mol. The zero-order valence-corrected chi connectivity index (χ0v) is 13.8. The molecule has 122 valence electrons. The number of rotatable bonds is 6. The second-order valence-electron chi connectivity index (χ2n) is 5.63. The van der Waals surface area contributed by atoms with Gasteiger partial charge in [-0.3, -0.25) is 9.78 Å². The number of pyridine rings is 1. The lowest BCUT2D eigenvalue weighted by Crippen LogP contribution is -2.24. The number of benzene rings is 1. The van der Waals surface area contributed by atoms with Gasteiger partial charge < -0.3 is 15.3 Å². The largest absolute Gasteiger partial charge is 0.395 e. The molecule has 0 aliphatic heterocycles. The Balaban J connectivity index is 1.98. The van der Waals surface area contributed by atoms with Crippen LogP contribution < -0.4 is 10.2 Å². The summed E-state index contributed by atoms with van der Waals surface area (Å²) in [5.41, 5.74) is 4.69. The van der Waals surface area contributed by atoms with Crippen LogP contribution in [0, 0.1) is 13.8 Å². The van der Waals surface area contributed by atoms with Crippen LogP contribution in [0.2, 0.25) is 0 Å². The van der Waals surface area contributed by atoms with Crippen LogP contribution in [-0.2, 0) is 6.54 Å². The lowest BCUT2D eigenvalue weighted by atomic mass is 10.1. The Morgan fingerprint density at radius 2 is 1.96 bits per heavy atom. The summed E-state index contributed by atoms with van der Waals surface area (Å²) in [6.07, 6.45) is 1.80. The molecule has 2 rings (SSSR count). The molecule has 0 fully saturated rings. The van der Waals surface area contributed by atoms with E-state index in [0.717, 1.165) is 22.5 Å². The Hall–Kier alpha value is -2.40. The third-order valence-electron chi connectivity index (χ3n) is 3.80. The number of carbonyl (C=O) groups excluding carboxylic acids is 1. The molecular formula is C18H23N3O2. The van der Waals surface area contributed by atoms with Gasteiger partial charge in [-0.05, 0) is 55.3 Å². The summed E-state index contributed by atoms with van der Waals surface area (Å²) in [6, 6.07) is 9.34. The van der Waals surface area contributed by atoms with Crippen LogP contribution in [0.25, 0.3) is 0 Å². The quantitative estimate of drug-likeness (QED) is 0.857. The topological polar surface area (TPSA) is 65.5 Å². The van der Waals surface area contributed by atoms with E-state index in [1.165, 1.54) is 0 Å². The molecule has 0 unspecified atom stereocenters. The number of aryl methyl sites for hydroxylation is 2. The van der Waals surface area contributed by atoms with Gasteiger partial charge in [-0.2, -0.15) is 0 Å². The van der Waals surface area contributed by atoms with E-state index in [1.54, 1.807) is 18.3 Å². The van der Waals surface area contributed by atoms with Crippen molar-refractivity contribution < 1.29 is 9.90 Å². The summed E-state index contributed by atoms with van der Waals surface area (Å²) in [4.78, 5) is 18.4. The van der Waals surface area contributed by atoms with Gasteiger partial charge in [-0.25, -0.2) is 0 Å². The van der Waals surface area contributed by atoms with E-state index in [2.05, 4.69) is 10.3 Å². The summed E-state index contributed by atoms with van der Waals surface area (Å²) in [5.74, 6) is -0.110. The highest BCUT2D eigenvalue weighted by Crippen LogP contribution is 2.14. The Kier molecular flexibility index (Phi) is 5.71. The van der Waals surface area contributed by atoms with Crippen LogP contribution in [0.3, 0.4) is 0 Å². The molecule has 0 saturated carbocycles. The molecule has 23 heavy (non-hydrogen) atoms. The average molecular weight is 313 g/mol. The number of likely N-dealkylation sites (N-methyl/N-ethyl adjacent to an activating group) is 1. The fourth-order valence-electron chi connectivity index (χ4n) is 2.33. The van der Waals surface area contributed by atoms with Crippen LogP contribution >= 0.6 is 0 Å². The summed E-state index contributed by atoms with van der Waals surface area (Å²) in [5, 5.41) is 11.9. The molecule has 1 aromatic heterocycles. The van der Waals surface area contributed by atoms with E-state index in [-0.39, 0.29) is 12.5 Å². The second kappa shape index (κ2) is 7.74. The first-order valence-electron chi connectivity index (χ1n) is 7.63. The summed E-state index contributed by atoms with van der Waals surface area (Å²) >= 11 is 0. The van der Waals surface area contributed by atoms with Crippen molar-refractivity contribution >= 4 is 11.6 Å². The maximum absolute atomic E-state index is 12.2. The van der Waals surface area contributed by atoms with Crippen molar-refractivity contribution in [2.75, 3.05) is 25.1 Å². The molecule has 0 aliphatic carbocycles. The van der Waals surface area contributed by atoms with Gasteiger partial charge in [0.25, 0.3) is 5.91 Å². The maximum Gasteiger partial charge on any atom is 0.251 e. The van der Waals surface area contributed by atoms with Crippen LogP contribution in [0.4, 0.5) is 5.69 Å². The zero-order valence-electron chi connectivity index (χ0n) is 13.8. The van der Waals surface area contributed by atoms with E-state index < -0.39 is 0 Å². The van der Waals surface area contributed by atoms with Crippen molar-refractivity contribution in [3.05, 3.63) is 58.9 Å². The van der Waals surface area contributed by atoms with Crippen LogP contribution in [-0.4, -0.2) is 36.2 Å². The number of anilines is 1. The zero-order chi connectivity index (χ0) is 16.8. The van der Waals surface area contributed by atoms with E-state index in [1.807, 2.05) is 44.0 Å². The molecule has 0 atom stereocenters. The van der Waals surface area contributed by atoms with E-state index in [9.17, 15) is 4.79 Å². The fraction of sp³-hybridized carbons (Fsp3) is 0.333. The summed E-state index contributed by atoms with van der Waals surface area (Å²) < 4.78 is 0. The third kappa shape index (κ3) is 4.53. The number of aliphatic hydroxyl groups is 1. The number of amides is 1. The van der Waals surface area contributed by atoms with Crippen LogP contribution in [0.1, 0.15) is 27.2 Å². The minimum Gasteiger partial charge on any atom is -0.395 e. The number of nitrogens with zero attached hydrogens (tertiary/aromatic N) is 2. The molecule has 2 N–H and O–H groups in total. The summed E-state index contributed by atoms with van der Waals surface area (Å²) in [6.45, 7) is 5.09. The first kappa shape index (κ1) is 17.0. The van der Waals surface area contributed by atoms with Crippen molar-refractivity contribution in [2.45, 2.75) is 20.4 Å². The number of nitrogens with one attached hydrogen (secondary N) is 1. The van der Waals surface area contributed by atoms with Gasteiger partial charge in [0.2, 0.25) is 0 Å². The lowest BCUT2D eigenvalue weighted by molar-refractivity contribution is 0.0951. The normalized spacial score (nSPS) is 10.4. The predicted molar refractivity (Wildman–Crippen MR) is 91.7 cm³/mol. The Bertz CT molecular complexity index is 668. The molecule has 0 radical (unpaired) electrons. The molecule has 5 nitrogen and oxygen atoms in total. The van der Waals surface area contributed by atoms with Crippen molar-refractivity contribution in [1.29, 1.82) is 0 Å². The van der Waals surface area contributed by atoms with E-state index >= 15 is 0 Å². The monoisotopic (exact) mass is 313 g/mol. The van der Waals surface area contributed by atoms with Gasteiger partial charge in [0.1, 0.15) is 0 Å². The van der Waals surface area contributed by atoms with Crippen molar-refractivity contribution in [3.63, 3.8) is 0 Å². The number of hydrogen-bond donors (Lipinski definition) is 2. The van der Waals surface area contributed by atoms with Gasteiger partial charge in [0.05, 0.1) is 6.61 Å². The highest BCUT2D eigenvalue weighted by Gasteiger charge is 2.08. The van der Waals surface area contributed by atoms with Crippen LogP contribution in [0.5, 0.6) is 0 Å². The van der Waals surface area contributed by atoms with Crippen molar-refractivity contribution in [2.24, 2.45) is 0 Å². The molecule has 1 heterocycles. The Morgan fingerprint density at radius 3 is 2.57 bits per heavy atom. The van der Waals surface area contributed by atoms with Gasteiger partial charge in [-0.1, -0.05) is 0 Å². The minimum atomic E-state index is -0.110. The van der Waals surface area contributed by atoms with Crippen molar-refractivity contribution in [3.8, 4) is 0 Å². The fourth-order valence-corrected chi connectivity index (χ4v) is 2.33. The molecule has 0 saturated heterocycles. The smallest absolute Gasteiger partial charge is 0.251 e. The minimum absolute atomic E-state index is 0.0999. The number of carbonyl (C=O) groups is 1. The van der Waals surface area contributed by atoms with E-state index in [0.29, 0.717) is 18.7 Å². The SMILES string of the molecule is Cc1cc(C)c(CNC(=O)c2ccc(N(C)CCO)cc2)cn1. The predicted octanol–water partition coefficient (Wildman–Crippen LogP) is 2.06. The second-order valence-corrected chi connectivity index (χ2v) is 5.63. The summed E-state index contributed by atoms with van der Waals surface area (Å²) in [7, 11) is 1.90. The molecule has 1 aromatic carbocycles. The molecule has 2 aromatic rings. The highest BCUT2D eigenvalue weighted by atomic mass is 16.3. The standard InChI is InChI=1S/C18H23N3O2/c1-13-10-14(2)19-11-16(13)12-20-18(23)15-4-6-17(7-5-15)21(3)8-9-22/h4-7,10-11,22H,8-9,12H2,1-3H3,(H,20,23). The van der Waals surface area contributed by atoms with Gasteiger partial charge in [0, 0.05) is 43.3 Å². The molecule has 0 spiro atoms. The number of aromatic nitrogens is 1. The highest BCUT2D eigenvalue weighted by molar-refractivity contribution is 5.94. The molecule has 0 bridgehead atoms.